The van der Waals surface area contributed by atoms with E-state index in [1.165, 1.54) is 6.07 Å². The topological polar surface area (TPSA) is 61.4 Å². The molecule has 0 bridgehead atoms. The minimum atomic E-state index is -0.796. The van der Waals surface area contributed by atoms with Crippen molar-refractivity contribution in [3.05, 3.63) is 29.8 Å². The van der Waals surface area contributed by atoms with Crippen molar-refractivity contribution < 1.29 is 18.7 Å². The quantitative estimate of drug-likeness (QED) is 0.640. The van der Waals surface area contributed by atoms with E-state index in [9.17, 15) is 13.6 Å². The summed E-state index contributed by atoms with van der Waals surface area (Å²) in [6, 6.07) is 3.41. The van der Waals surface area contributed by atoms with Gasteiger partial charge < -0.3 is 15.7 Å². The largest absolute Gasteiger partial charge is 0.396 e. The van der Waals surface area contributed by atoms with Gasteiger partial charge in [0.2, 0.25) is 5.91 Å². The van der Waals surface area contributed by atoms with Crippen molar-refractivity contribution in [1.29, 1.82) is 0 Å². The second-order valence-corrected chi connectivity index (χ2v) is 4.75. The van der Waals surface area contributed by atoms with Crippen LogP contribution in [0.1, 0.15) is 19.8 Å². The van der Waals surface area contributed by atoms with Gasteiger partial charge in [0.05, 0.1) is 6.54 Å². The number of halogens is 2. The number of benzene rings is 1. The average molecular weight is 286 g/mol. The SMILES string of the molecule is CC(CO)CCCNCC(=O)Nc1c(F)cccc1F. The van der Waals surface area contributed by atoms with E-state index in [1.807, 2.05) is 6.92 Å². The van der Waals surface area contributed by atoms with Crippen molar-refractivity contribution in [2.24, 2.45) is 5.92 Å². The Morgan fingerprint density at radius 2 is 2.00 bits per heavy atom. The van der Waals surface area contributed by atoms with Crippen LogP contribution >= 0.6 is 0 Å². The van der Waals surface area contributed by atoms with Gasteiger partial charge >= 0.3 is 0 Å². The standard InChI is InChI=1S/C14H20F2N2O2/c1-10(9-19)4-3-7-17-8-13(20)18-14-11(15)5-2-6-12(14)16/h2,5-6,10,17,19H,3-4,7-9H2,1H3,(H,18,20). The Morgan fingerprint density at radius 3 is 2.60 bits per heavy atom. The number of rotatable bonds is 8. The fourth-order valence-electron chi connectivity index (χ4n) is 1.67. The van der Waals surface area contributed by atoms with Crippen LogP contribution in [0.4, 0.5) is 14.5 Å². The van der Waals surface area contributed by atoms with Crippen molar-refractivity contribution in [2.45, 2.75) is 19.8 Å². The summed E-state index contributed by atoms with van der Waals surface area (Å²) in [6.45, 7) is 2.68. The molecule has 0 fully saturated rings. The number of carbonyl (C=O) groups excluding carboxylic acids is 1. The maximum absolute atomic E-state index is 13.3. The zero-order chi connectivity index (χ0) is 15.0. The molecule has 0 radical (unpaired) electrons. The molecule has 0 saturated carbocycles. The molecule has 1 unspecified atom stereocenters. The third kappa shape index (κ3) is 5.63. The van der Waals surface area contributed by atoms with Gasteiger partial charge in [0.1, 0.15) is 17.3 Å². The number of para-hydroxylation sites is 1. The summed E-state index contributed by atoms with van der Waals surface area (Å²) in [5, 5.41) is 13.9. The molecule has 0 saturated heterocycles. The number of amides is 1. The lowest BCUT2D eigenvalue weighted by molar-refractivity contribution is -0.115. The lowest BCUT2D eigenvalue weighted by Gasteiger charge is -2.09. The Balaban J connectivity index is 2.27. The van der Waals surface area contributed by atoms with Crippen molar-refractivity contribution in [1.82, 2.24) is 5.32 Å². The van der Waals surface area contributed by atoms with E-state index < -0.39 is 23.2 Å². The molecule has 0 aromatic heterocycles. The fraction of sp³-hybridized carbons (Fsp3) is 0.500. The molecule has 4 nitrogen and oxygen atoms in total. The second kappa shape index (κ2) is 8.60. The zero-order valence-corrected chi connectivity index (χ0v) is 11.5. The van der Waals surface area contributed by atoms with Gasteiger partial charge in [-0.3, -0.25) is 4.79 Å². The Morgan fingerprint density at radius 1 is 1.35 bits per heavy atom. The van der Waals surface area contributed by atoms with Gasteiger partial charge in [-0.25, -0.2) is 8.78 Å². The van der Waals surface area contributed by atoms with E-state index in [1.54, 1.807) is 0 Å². The van der Waals surface area contributed by atoms with Crippen molar-refractivity contribution >= 4 is 11.6 Å². The highest BCUT2D eigenvalue weighted by Gasteiger charge is 2.11. The normalized spacial score (nSPS) is 12.2. The summed E-state index contributed by atoms with van der Waals surface area (Å²) in [6.07, 6.45) is 1.68. The number of hydrogen-bond donors (Lipinski definition) is 3. The third-order valence-corrected chi connectivity index (χ3v) is 2.87. The van der Waals surface area contributed by atoms with E-state index in [0.29, 0.717) is 6.54 Å². The van der Waals surface area contributed by atoms with Crippen molar-refractivity contribution in [3.63, 3.8) is 0 Å². The molecule has 1 atom stereocenters. The van der Waals surface area contributed by atoms with Gasteiger partial charge in [-0.1, -0.05) is 13.0 Å². The third-order valence-electron chi connectivity index (χ3n) is 2.87. The van der Waals surface area contributed by atoms with Crippen LogP contribution in [0.2, 0.25) is 0 Å². The molecule has 1 aromatic rings. The fourth-order valence-corrected chi connectivity index (χ4v) is 1.67. The van der Waals surface area contributed by atoms with Gasteiger partial charge in [-0.2, -0.15) is 0 Å². The Bertz CT molecular complexity index is 421. The minimum Gasteiger partial charge on any atom is -0.396 e. The summed E-state index contributed by atoms with van der Waals surface area (Å²) in [7, 11) is 0. The van der Waals surface area contributed by atoms with Crippen LogP contribution in [0.5, 0.6) is 0 Å². The van der Waals surface area contributed by atoms with Gasteiger partial charge in [0.15, 0.2) is 0 Å². The number of nitrogens with one attached hydrogen (secondary N) is 2. The first-order valence-electron chi connectivity index (χ1n) is 6.60. The van der Waals surface area contributed by atoms with E-state index in [2.05, 4.69) is 10.6 Å². The summed E-state index contributed by atoms with van der Waals surface area (Å²) in [5.74, 6) is -1.85. The molecular formula is C14H20F2N2O2. The van der Waals surface area contributed by atoms with E-state index in [-0.39, 0.29) is 19.1 Å². The van der Waals surface area contributed by atoms with Crippen LogP contribution in [-0.4, -0.2) is 30.7 Å². The first-order valence-corrected chi connectivity index (χ1v) is 6.60. The summed E-state index contributed by atoms with van der Waals surface area (Å²) >= 11 is 0. The number of carbonyl (C=O) groups is 1. The first-order chi connectivity index (χ1) is 9.54. The summed E-state index contributed by atoms with van der Waals surface area (Å²) in [4.78, 5) is 11.5. The van der Waals surface area contributed by atoms with Gasteiger partial charge in [-0.15, -0.1) is 0 Å². The zero-order valence-electron chi connectivity index (χ0n) is 11.5. The van der Waals surface area contributed by atoms with E-state index in [4.69, 9.17) is 5.11 Å². The number of hydrogen-bond acceptors (Lipinski definition) is 3. The van der Waals surface area contributed by atoms with Gasteiger partial charge in [-0.05, 0) is 37.4 Å². The highest BCUT2D eigenvalue weighted by molar-refractivity contribution is 5.92. The van der Waals surface area contributed by atoms with Crippen LogP contribution in [0.25, 0.3) is 0 Å². The molecule has 6 heteroatoms. The highest BCUT2D eigenvalue weighted by atomic mass is 19.1. The number of anilines is 1. The van der Waals surface area contributed by atoms with Crippen molar-refractivity contribution in [3.8, 4) is 0 Å². The lowest BCUT2D eigenvalue weighted by Crippen LogP contribution is -2.29. The maximum Gasteiger partial charge on any atom is 0.238 e. The molecule has 0 aliphatic heterocycles. The van der Waals surface area contributed by atoms with Crippen LogP contribution in [0.3, 0.4) is 0 Å². The van der Waals surface area contributed by atoms with E-state index in [0.717, 1.165) is 25.0 Å². The molecule has 0 heterocycles. The molecule has 112 valence electrons. The second-order valence-electron chi connectivity index (χ2n) is 4.75. The Labute approximate surface area is 117 Å². The minimum absolute atomic E-state index is 0.0126. The molecule has 20 heavy (non-hydrogen) atoms. The molecule has 0 spiro atoms. The molecule has 1 amide bonds. The molecule has 1 rings (SSSR count). The van der Waals surface area contributed by atoms with Crippen LogP contribution in [0.15, 0.2) is 18.2 Å². The molecule has 0 aliphatic rings. The monoisotopic (exact) mass is 286 g/mol. The van der Waals surface area contributed by atoms with Gasteiger partial charge in [0.25, 0.3) is 0 Å². The molecule has 3 N–H and O–H groups in total. The van der Waals surface area contributed by atoms with Gasteiger partial charge in [0, 0.05) is 6.61 Å². The maximum atomic E-state index is 13.3. The molecule has 0 aliphatic carbocycles. The first kappa shape index (κ1) is 16.5. The predicted molar refractivity (Wildman–Crippen MR) is 73.3 cm³/mol. The van der Waals surface area contributed by atoms with Crippen molar-refractivity contribution in [2.75, 3.05) is 25.0 Å². The Hall–Kier alpha value is -1.53. The Kier molecular flexibility index (Phi) is 7.11. The predicted octanol–water partition coefficient (Wildman–Crippen LogP) is 1.90. The summed E-state index contributed by atoms with van der Waals surface area (Å²) in [5.41, 5.74) is -0.423. The average Bonchev–Trinajstić information content (AvgIpc) is 2.42. The smallest absolute Gasteiger partial charge is 0.238 e. The number of aliphatic hydroxyl groups is 1. The lowest BCUT2D eigenvalue weighted by atomic mass is 10.1. The number of aliphatic hydroxyl groups excluding tert-OH is 1. The summed E-state index contributed by atoms with van der Waals surface area (Å²) < 4.78 is 26.6. The van der Waals surface area contributed by atoms with Crippen LogP contribution < -0.4 is 10.6 Å². The van der Waals surface area contributed by atoms with Crippen LogP contribution in [-0.2, 0) is 4.79 Å². The van der Waals surface area contributed by atoms with E-state index >= 15 is 0 Å². The highest BCUT2D eigenvalue weighted by Crippen LogP contribution is 2.17. The molecular weight excluding hydrogens is 266 g/mol. The molecule has 1 aromatic carbocycles. The van der Waals surface area contributed by atoms with Crippen LogP contribution in [0, 0.1) is 17.6 Å².